The molecule has 1 aromatic heterocycles. The minimum absolute atomic E-state index is 0.809. The third-order valence-electron chi connectivity index (χ3n) is 2.82. The standard InChI is InChI=1S/C15H10O3/c16-15(17)8-6-10-5-7-14-12(9-10)11-3-1-2-4-13(11)18-14/h1-9H,(H,16,17)/b8-6+. The second-order valence-electron chi connectivity index (χ2n) is 4.03. The molecule has 0 radical (unpaired) electrons. The SMILES string of the molecule is O=C(O)/C=C/c1ccc2oc3ccccc3c2c1. The van der Waals surface area contributed by atoms with E-state index in [-0.39, 0.29) is 0 Å². The highest BCUT2D eigenvalue weighted by Gasteiger charge is 2.05. The summed E-state index contributed by atoms with van der Waals surface area (Å²) in [7, 11) is 0. The molecular formula is C15H10O3. The molecule has 0 spiro atoms. The molecule has 2 aromatic carbocycles. The van der Waals surface area contributed by atoms with Gasteiger partial charge in [0.15, 0.2) is 0 Å². The Kier molecular flexibility index (Phi) is 2.38. The Bertz CT molecular complexity index is 766. The van der Waals surface area contributed by atoms with Crippen molar-refractivity contribution in [3.63, 3.8) is 0 Å². The topological polar surface area (TPSA) is 50.4 Å². The largest absolute Gasteiger partial charge is 0.478 e. The number of aliphatic carboxylic acids is 1. The first-order valence-electron chi connectivity index (χ1n) is 5.56. The van der Waals surface area contributed by atoms with Crippen molar-refractivity contribution in [2.75, 3.05) is 0 Å². The van der Waals surface area contributed by atoms with Crippen molar-refractivity contribution in [1.82, 2.24) is 0 Å². The molecule has 3 rings (SSSR count). The molecule has 0 amide bonds. The fourth-order valence-electron chi connectivity index (χ4n) is 2.01. The zero-order valence-electron chi connectivity index (χ0n) is 9.46. The lowest BCUT2D eigenvalue weighted by molar-refractivity contribution is -0.131. The van der Waals surface area contributed by atoms with E-state index in [9.17, 15) is 4.79 Å². The number of hydrogen-bond acceptors (Lipinski definition) is 2. The predicted octanol–water partition coefficient (Wildman–Crippen LogP) is 3.68. The third-order valence-corrected chi connectivity index (χ3v) is 2.82. The Morgan fingerprint density at radius 3 is 2.67 bits per heavy atom. The van der Waals surface area contributed by atoms with Crippen molar-refractivity contribution >= 4 is 34.0 Å². The van der Waals surface area contributed by atoms with Crippen LogP contribution >= 0.6 is 0 Å². The van der Waals surface area contributed by atoms with Gasteiger partial charge >= 0.3 is 5.97 Å². The normalized spacial score (nSPS) is 11.6. The Balaban J connectivity index is 2.21. The molecule has 0 unspecified atom stereocenters. The Morgan fingerprint density at radius 1 is 1.06 bits per heavy atom. The maximum atomic E-state index is 10.5. The maximum Gasteiger partial charge on any atom is 0.328 e. The van der Waals surface area contributed by atoms with Crippen LogP contribution < -0.4 is 0 Å². The van der Waals surface area contributed by atoms with E-state index in [0.717, 1.165) is 33.6 Å². The van der Waals surface area contributed by atoms with Gasteiger partial charge in [-0.1, -0.05) is 24.3 Å². The molecule has 0 atom stereocenters. The summed E-state index contributed by atoms with van der Waals surface area (Å²) in [5.74, 6) is -0.952. The van der Waals surface area contributed by atoms with Crippen LogP contribution in [-0.2, 0) is 4.79 Å². The van der Waals surface area contributed by atoms with Crippen LogP contribution in [0.25, 0.3) is 28.0 Å². The molecule has 3 nitrogen and oxygen atoms in total. The van der Waals surface area contributed by atoms with Crippen molar-refractivity contribution in [3.8, 4) is 0 Å². The molecule has 1 N–H and O–H groups in total. The molecule has 0 aliphatic rings. The number of rotatable bonds is 2. The molecule has 0 saturated carbocycles. The second-order valence-corrected chi connectivity index (χ2v) is 4.03. The van der Waals surface area contributed by atoms with Gasteiger partial charge in [-0.05, 0) is 29.8 Å². The summed E-state index contributed by atoms with van der Waals surface area (Å²) in [5.41, 5.74) is 2.49. The summed E-state index contributed by atoms with van der Waals surface area (Å²) in [4.78, 5) is 10.5. The second kappa shape index (κ2) is 4.04. The minimum Gasteiger partial charge on any atom is -0.478 e. The molecule has 0 saturated heterocycles. The van der Waals surface area contributed by atoms with Gasteiger partial charge in [-0.15, -0.1) is 0 Å². The van der Waals surface area contributed by atoms with Gasteiger partial charge in [-0.25, -0.2) is 4.79 Å². The van der Waals surface area contributed by atoms with Crippen LogP contribution in [-0.4, -0.2) is 11.1 Å². The van der Waals surface area contributed by atoms with E-state index < -0.39 is 5.97 Å². The van der Waals surface area contributed by atoms with Gasteiger partial charge in [0.05, 0.1) is 0 Å². The van der Waals surface area contributed by atoms with Gasteiger partial charge in [0, 0.05) is 16.8 Å². The monoisotopic (exact) mass is 238 g/mol. The molecule has 88 valence electrons. The van der Waals surface area contributed by atoms with Crippen LogP contribution in [0.15, 0.2) is 53.0 Å². The molecule has 0 aliphatic carbocycles. The first-order valence-corrected chi connectivity index (χ1v) is 5.56. The smallest absolute Gasteiger partial charge is 0.328 e. The van der Waals surface area contributed by atoms with Crippen molar-refractivity contribution < 1.29 is 14.3 Å². The number of fused-ring (bicyclic) bond motifs is 3. The average Bonchev–Trinajstić information content (AvgIpc) is 2.74. The lowest BCUT2D eigenvalue weighted by Gasteiger charge is -1.93. The number of furan rings is 1. The van der Waals surface area contributed by atoms with E-state index in [1.165, 1.54) is 0 Å². The Hall–Kier alpha value is -2.55. The van der Waals surface area contributed by atoms with Gasteiger partial charge in [-0.3, -0.25) is 0 Å². The van der Waals surface area contributed by atoms with E-state index in [0.29, 0.717) is 0 Å². The van der Waals surface area contributed by atoms with Gasteiger partial charge in [0.25, 0.3) is 0 Å². The van der Waals surface area contributed by atoms with E-state index in [4.69, 9.17) is 9.52 Å². The number of benzene rings is 2. The Labute approximate surface area is 103 Å². The summed E-state index contributed by atoms with van der Waals surface area (Å²) in [5, 5.41) is 10.7. The van der Waals surface area contributed by atoms with E-state index in [1.54, 1.807) is 6.08 Å². The first kappa shape index (κ1) is 10.6. The predicted molar refractivity (Wildman–Crippen MR) is 70.4 cm³/mol. The quantitative estimate of drug-likeness (QED) is 0.693. The highest BCUT2D eigenvalue weighted by molar-refractivity contribution is 6.05. The fourth-order valence-corrected chi connectivity index (χ4v) is 2.01. The van der Waals surface area contributed by atoms with E-state index in [1.807, 2.05) is 42.5 Å². The summed E-state index contributed by atoms with van der Waals surface area (Å²) in [6, 6.07) is 13.4. The van der Waals surface area contributed by atoms with Gasteiger partial charge in [0.1, 0.15) is 11.2 Å². The van der Waals surface area contributed by atoms with Crippen LogP contribution in [0, 0.1) is 0 Å². The molecule has 18 heavy (non-hydrogen) atoms. The maximum absolute atomic E-state index is 10.5. The number of hydrogen-bond donors (Lipinski definition) is 1. The molecule has 0 aliphatic heterocycles. The molecular weight excluding hydrogens is 228 g/mol. The summed E-state index contributed by atoms with van der Waals surface area (Å²) in [6.45, 7) is 0. The first-order chi connectivity index (χ1) is 8.74. The van der Waals surface area contributed by atoms with Crippen LogP contribution in [0.5, 0.6) is 0 Å². The van der Waals surface area contributed by atoms with Crippen molar-refractivity contribution in [2.24, 2.45) is 0 Å². The minimum atomic E-state index is -0.952. The lowest BCUT2D eigenvalue weighted by atomic mass is 10.1. The van der Waals surface area contributed by atoms with Crippen molar-refractivity contribution in [1.29, 1.82) is 0 Å². The van der Waals surface area contributed by atoms with Gasteiger partial charge < -0.3 is 9.52 Å². The highest BCUT2D eigenvalue weighted by Crippen LogP contribution is 2.29. The molecule has 3 aromatic rings. The zero-order valence-corrected chi connectivity index (χ0v) is 9.46. The lowest BCUT2D eigenvalue weighted by Crippen LogP contribution is -1.85. The van der Waals surface area contributed by atoms with Crippen LogP contribution in [0.2, 0.25) is 0 Å². The van der Waals surface area contributed by atoms with Crippen LogP contribution in [0.3, 0.4) is 0 Å². The molecule has 3 heteroatoms. The van der Waals surface area contributed by atoms with E-state index in [2.05, 4.69) is 0 Å². The highest BCUT2D eigenvalue weighted by atomic mass is 16.4. The third kappa shape index (κ3) is 1.76. The number of carboxylic acid groups (broad SMARTS) is 1. The Morgan fingerprint density at radius 2 is 1.83 bits per heavy atom. The number of para-hydroxylation sites is 1. The summed E-state index contributed by atoms with van der Waals surface area (Å²) in [6.07, 6.45) is 2.70. The van der Waals surface area contributed by atoms with Crippen LogP contribution in [0.4, 0.5) is 0 Å². The van der Waals surface area contributed by atoms with Crippen molar-refractivity contribution in [2.45, 2.75) is 0 Å². The number of carbonyl (C=O) groups is 1. The van der Waals surface area contributed by atoms with Gasteiger partial charge in [-0.2, -0.15) is 0 Å². The van der Waals surface area contributed by atoms with Crippen LogP contribution in [0.1, 0.15) is 5.56 Å². The summed E-state index contributed by atoms with van der Waals surface area (Å²) < 4.78 is 5.69. The molecule has 0 fully saturated rings. The summed E-state index contributed by atoms with van der Waals surface area (Å²) >= 11 is 0. The fraction of sp³-hybridized carbons (Fsp3) is 0. The average molecular weight is 238 g/mol. The molecule has 1 heterocycles. The van der Waals surface area contributed by atoms with E-state index >= 15 is 0 Å². The van der Waals surface area contributed by atoms with Gasteiger partial charge in [0.2, 0.25) is 0 Å². The molecule has 0 bridgehead atoms. The zero-order chi connectivity index (χ0) is 12.5. The number of carboxylic acids is 1. The van der Waals surface area contributed by atoms with Crippen molar-refractivity contribution in [3.05, 3.63) is 54.1 Å².